The van der Waals surface area contributed by atoms with Gasteiger partial charge in [-0.2, -0.15) is 4.37 Å². The molecule has 6 nitrogen and oxygen atoms in total. The molecule has 0 amide bonds. The quantitative estimate of drug-likeness (QED) is 0.831. The Morgan fingerprint density at radius 2 is 2.05 bits per heavy atom. The van der Waals surface area contributed by atoms with Gasteiger partial charge in [0.15, 0.2) is 26.4 Å². The lowest BCUT2D eigenvalue weighted by molar-refractivity contribution is 0.245. The summed E-state index contributed by atoms with van der Waals surface area (Å²) in [7, 11) is -3.15. The van der Waals surface area contributed by atoms with Crippen LogP contribution in [0.3, 0.4) is 0 Å². The Morgan fingerprint density at radius 3 is 2.53 bits per heavy atom. The highest BCUT2D eigenvalue weighted by Crippen LogP contribution is 2.36. The molecular weight excluding hydrogens is 286 g/mol. The van der Waals surface area contributed by atoms with E-state index in [0.717, 1.165) is 11.5 Å². The zero-order valence-corrected chi connectivity index (χ0v) is 13.5. The normalized spacial score (nSPS) is 12.7. The molecule has 0 radical (unpaired) electrons. The first-order valence-electron chi connectivity index (χ1n) is 5.90. The molecular formula is C11H21N3O3S2. The molecule has 19 heavy (non-hydrogen) atoms. The highest BCUT2D eigenvalue weighted by Gasteiger charge is 2.30. The summed E-state index contributed by atoms with van der Waals surface area (Å²) in [5, 5.41) is 3.71. The standard InChI is InChI=1S/C11H21N3O3S2/c1-7(2)17-8-9(12)14-18-10(8)13-6-11(3,4)19(5,15)16/h7,13H,6H2,1-5H3,(H2,12,14). The SMILES string of the molecule is CC(C)Oc1c(N)nsc1NCC(C)(C)S(C)(=O)=O. The average Bonchev–Trinajstić information content (AvgIpc) is 2.55. The van der Waals surface area contributed by atoms with Gasteiger partial charge in [-0.3, -0.25) is 0 Å². The van der Waals surface area contributed by atoms with Crippen molar-refractivity contribution in [1.29, 1.82) is 0 Å². The van der Waals surface area contributed by atoms with Crippen LogP contribution in [-0.4, -0.2) is 36.4 Å². The van der Waals surface area contributed by atoms with Crippen LogP contribution < -0.4 is 15.8 Å². The summed E-state index contributed by atoms with van der Waals surface area (Å²) in [6.07, 6.45) is 1.20. The Kier molecular flexibility index (Phi) is 4.67. The van der Waals surface area contributed by atoms with Gasteiger partial charge in [-0.15, -0.1) is 0 Å². The van der Waals surface area contributed by atoms with E-state index in [1.54, 1.807) is 13.8 Å². The minimum absolute atomic E-state index is 0.0258. The molecule has 0 aliphatic rings. The van der Waals surface area contributed by atoms with Gasteiger partial charge in [0.25, 0.3) is 0 Å². The summed E-state index contributed by atoms with van der Waals surface area (Å²) in [5.41, 5.74) is 5.73. The Labute approximate surface area is 118 Å². The Bertz CT molecular complexity index is 535. The van der Waals surface area contributed by atoms with Crippen LogP contribution in [0, 0.1) is 0 Å². The second-order valence-corrected chi connectivity index (χ2v) is 8.70. The molecule has 0 aromatic carbocycles. The van der Waals surface area contributed by atoms with E-state index >= 15 is 0 Å². The highest BCUT2D eigenvalue weighted by atomic mass is 32.2. The fourth-order valence-electron chi connectivity index (χ4n) is 1.18. The molecule has 0 saturated carbocycles. The van der Waals surface area contributed by atoms with Crippen molar-refractivity contribution in [3.8, 4) is 5.75 Å². The number of aromatic nitrogens is 1. The largest absolute Gasteiger partial charge is 0.484 e. The van der Waals surface area contributed by atoms with Gasteiger partial charge in [-0.05, 0) is 39.2 Å². The van der Waals surface area contributed by atoms with Gasteiger partial charge in [0.2, 0.25) is 0 Å². The number of nitrogens with two attached hydrogens (primary N) is 1. The van der Waals surface area contributed by atoms with Gasteiger partial charge >= 0.3 is 0 Å². The van der Waals surface area contributed by atoms with Gasteiger partial charge in [0.05, 0.1) is 10.9 Å². The van der Waals surface area contributed by atoms with E-state index in [2.05, 4.69) is 9.69 Å². The first kappa shape index (κ1) is 16.0. The number of nitrogens with zero attached hydrogens (tertiary/aromatic N) is 1. The topological polar surface area (TPSA) is 94.3 Å². The second-order valence-electron chi connectivity index (χ2n) is 5.28. The number of hydrogen-bond acceptors (Lipinski definition) is 7. The third-order valence-corrected chi connectivity index (χ3v) is 5.66. The Morgan fingerprint density at radius 1 is 1.47 bits per heavy atom. The van der Waals surface area contributed by atoms with Crippen LogP contribution in [0.5, 0.6) is 5.75 Å². The molecule has 1 aromatic heterocycles. The van der Waals surface area contributed by atoms with E-state index < -0.39 is 14.6 Å². The number of nitrogen functional groups attached to an aromatic ring is 1. The molecule has 0 unspecified atom stereocenters. The van der Waals surface area contributed by atoms with E-state index in [9.17, 15) is 8.42 Å². The molecule has 0 fully saturated rings. The molecule has 1 heterocycles. The predicted molar refractivity (Wildman–Crippen MR) is 79.7 cm³/mol. The van der Waals surface area contributed by atoms with Crippen molar-refractivity contribution in [2.45, 2.75) is 38.5 Å². The second kappa shape index (κ2) is 5.54. The summed E-state index contributed by atoms with van der Waals surface area (Å²) in [4.78, 5) is 0. The molecule has 3 N–H and O–H groups in total. The van der Waals surface area contributed by atoms with Crippen LogP contribution >= 0.6 is 11.5 Å². The van der Waals surface area contributed by atoms with Gasteiger partial charge in [-0.25, -0.2) is 8.42 Å². The fourth-order valence-corrected chi connectivity index (χ4v) is 2.16. The smallest absolute Gasteiger partial charge is 0.197 e. The summed E-state index contributed by atoms with van der Waals surface area (Å²) < 4.78 is 32.0. The average molecular weight is 307 g/mol. The van der Waals surface area contributed by atoms with Crippen molar-refractivity contribution in [1.82, 2.24) is 4.37 Å². The minimum Gasteiger partial charge on any atom is -0.484 e. The molecule has 0 aliphatic heterocycles. The van der Waals surface area contributed by atoms with Crippen LogP contribution in [0.2, 0.25) is 0 Å². The molecule has 0 aliphatic carbocycles. The molecule has 110 valence electrons. The molecule has 1 aromatic rings. The summed E-state index contributed by atoms with van der Waals surface area (Å²) in [5.74, 6) is 0.808. The predicted octanol–water partition coefficient (Wildman–Crippen LogP) is 1.75. The van der Waals surface area contributed by atoms with Crippen LogP contribution in [0.4, 0.5) is 10.8 Å². The number of rotatable bonds is 6. The lowest BCUT2D eigenvalue weighted by Crippen LogP contribution is -2.38. The molecule has 0 saturated heterocycles. The summed E-state index contributed by atoms with van der Waals surface area (Å²) in [6.45, 7) is 7.38. The summed E-state index contributed by atoms with van der Waals surface area (Å²) in [6, 6.07) is 0. The van der Waals surface area contributed by atoms with Crippen LogP contribution in [-0.2, 0) is 9.84 Å². The van der Waals surface area contributed by atoms with Crippen molar-refractivity contribution in [3.63, 3.8) is 0 Å². The number of hydrogen-bond donors (Lipinski definition) is 2. The zero-order valence-electron chi connectivity index (χ0n) is 11.9. The summed E-state index contributed by atoms with van der Waals surface area (Å²) >= 11 is 1.16. The molecule has 0 spiro atoms. The maximum absolute atomic E-state index is 11.6. The van der Waals surface area contributed by atoms with Crippen molar-refractivity contribution in [3.05, 3.63) is 0 Å². The third-order valence-electron chi connectivity index (χ3n) is 2.71. The maximum Gasteiger partial charge on any atom is 0.197 e. The van der Waals surface area contributed by atoms with Crippen molar-refractivity contribution in [2.24, 2.45) is 0 Å². The van der Waals surface area contributed by atoms with Crippen LogP contribution in [0.15, 0.2) is 0 Å². The van der Waals surface area contributed by atoms with Gasteiger partial charge < -0.3 is 15.8 Å². The Hall–Kier alpha value is -1.02. The lowest BCUT2D eigenvalue weighted by Gasteiger charge is -2.23. The van der Waals surface area contributed by atoms with Crippen LogP contribution in [0.25, 0.3) is 0 Å². The minimum atomic E-state index is -3.15. The molecule has 8 heteroatoms. The van der Waals surface area contributed by atoms with E-state index in [-0.39, 0.29) is 12.6 Å². The number of nitrogens with one attached hydrogen (secondary N) is 1. The maximum atomic E-state index is 11.6. The van der Waals surface area contributed by atoms with Crippen molar-refractivity contribution >= 4 is 32.2 Å². The van der Waals surface area contributed by atoms with E-state index in [0.29, 0.717) is 16.6 Å². The zero-order chi connectivity index (χ0) is 14.8. The monoisotopic (exact) mass is 307 g/mol. The number of ether oxygens (including phenoxy) is 1. The van der Waals surface area contributed by atoms with Gasteiger partial charge in [-0.1, -0.05) is 0 Å². The highest BCUT2D eigenvalue weighted by molar-refractivity contribution is 7.92. The van der Waals surface area contributed by atoms with Gasteiger partial charge in [0.1, 0.15) is 0 Å². The van der Waals surface area contributed by atoms with Crippen LogP contribution in [0.1, 0.15) is 27.7 Å². The Balaban J connectivity index is 2.85. The third kappa shape index (κ3) is 3.97. The lowest BCUT2D eigenvalue weighted by atomic mass is 10.2. The van der Waals surface area contributed by atoms with E-state index in [4.69, 9.17) is 10.5 Å². The van der Waals surface area contributed by atoms with Gasteiger partial charge in [0, 0.05) is 12.8 Å². The molecule has 0 atom stereocenters. The number of anilines is 2. The van der Waals surface area contributed by atoms with Crippen molar-refractivity contribution < 1.29 is 13.2 Å². The first-order valence-corrected chi connectivity index (χ1v) is 8.56. The number of sulfone groups is 1. The fraction of sp³-hybridized carbons (Fsp3) is 0.727. The van der Waals surface area contributed by atoms with E-state index in [1.807, 2.05) is 13.8 Å². The molecule has 1 rings (SSSR count). The molecule has 0 bridgehead atoms. The van der Waals surface area contributed by atoms with Crippen molar-refractivity contribution in [2.75, 3.05) is 23.9 Å². The van der Waals surface area contributed by atoms with E-state index in [1.165, 1.54) is 6.26 Å². The first-order chi connectivity index (χ1) is 8.54.